The molecular formula is C13H19N5. The summed E-state index contributed by atoms with van der Waals surface area (Å²) in [6, 6.07) is 0.524. The zero-order valence-corrected chi connectivity index (χ0v) is 10.7. The van der Waals surface area contributed by atoms with Gasteiger partial charge in [-0.2, -0.15) is 0 Å². The van der Waals surface area contributed by atoms with Crippen LogP contribution in [-0.4, -0.2) is 37.5 Å². The summed E-state index contributed by atoms with van der Waals surface area (Å²) >= 11 is 0. The van der Waals surface area contributed by atoms with Crippen molar-refractivity contribution in [1.82, 2.24) is 24.4 Å². The maximum Gasteiger partial charge on any atom is 0.120 e. The number of piperidine rings is 1. The van der Waals surface area contributed by atoms with E-state index in [-0.39, 0.29) is 0 Å². The molecule has 0 aliphatic carbocycles. The van der Waals surface area contributed by atoms with Gasteiger partial charge in [-0.1, -0.05) is 6.92 Å². The summed E-state index contributed by atoms with van der Waals surface area (Å²) in [5, 5.41) is 0. The Hall–Kier alpha value is -1.62. The highest BCUT2D eigenvalue weighted by Gasteiger charge is 2.27. The van der Waals surface area contributed by atoms with Gasteiger partial charge in [0.05, 0.1) is 12.9 Å². The number of nitrogens with one attached hydrogen (secondary N) is 1. The van der Waals surface area contributed by atoms with Crippen LogP contribution in [0, 0.1) is 5.92 Å². The van der Waals surface area contributed by atoms with Crippen LogP contribution in [0.5, 0.6) is 0 Å². The van der Waals surface area contributed by atoms with Gasteiger partial charge >= 0.3 is 0 Å². The van der Waals surface area contributed by atoms with Crippen molar-refractivity contribution in [3.63, 3.8) is 0 Å². The van der Waals surface area contributed by atoms with Gasteiger partial charge in [0.15, 0.2) is 0 Å². The molecule has 2 atom stereocenters. The molecule has 1 N–H and O–H groups in total. The molecule has 1 aliphatic rings. The van der Waals surface area contributed by atoms with E-state index in [9.17, 15) is 0 Å². The van der Waals surface area contributed by atoms with E-state index in [1.807, 2.05) is 24.9 Å². The summed E-state index contributed by atoms with van der Waals surface area (Å²) < 4.78 is 2.24. The second-order valence-corrected chi connectivity index (χ2v) is 5.11. The largest absolute Gasteiger partial charge is 0.348 e. The number of rotatable bonds is 3. The fourth-order valence-electron chi connectivity index (χ4n) is 2.71. The first kappa shape index (κ1) is 11.5. The van der Waals surface area contributed by atoms with Gasteiger partial charge in [0.2, 0.25) is 0 Å². The van der Waals surface area contributed by atoms with Crippen LogP contribution in [0.4, 0.5) is 0 Å². The number of nitrogens with zero attached hydrogens (tertiary/aromatic N) is 4. The van der Waals surface area contributed by atoms with Gasteiger partial charge in [0, 0.05) is 37.4 Å². The molecule has 2 aromatic heterocycles. The minimum atomic E-state index is 0.524. The number of hydrogen-bond donors (Lipinski definition) is 1. The predicted octanol–water partition coefficient (Wildman–Crippen LogP) is 1.69. The molecule has 18 heavy (non-hydrogen) atoms. The Morgan fingerprint density at radius 3 is 3.11 bits per heavy atom. The number of aromatic amines is 1. The standard InChI is InChI=1S/C13H19N5/c1-11-2-6-17(9-13-15-3-4-16-13)8-12(11)18-7-5-14-10-18/h3-5,7,10-12H,2,6,8-9H2,1H3,(H,15,16)/t11-,12+/m0/s1. The van der Waals surface area contributed by atoms with Crippen molar-refractivity contribution in [1.29, 1.82) is 0 Å². The second-order valence-electron chi connectivity index (χ2n) is 5.11. The molecule has 0 saturated carbocycles. The van der Waals surface area contributed by atoms with E-state index in [1.165, 1.54) is 6.42 Å². The van der Waals surface area contributed by atoms with E-state index in [0.29, 0.717) is 12.0 Å². The van der Waals surface area contributed by atoms with E-state index in [0.717, 1.165) is 25.5 Å². The Balaban J connectivity index is 1.68. The van der Waals surface area contributed by atoms with Gasteiger partial charge in [-0.15, -0.1) is 0 Å². The average molecular weight is 245 g/mol. The number of imidazole rings is 2. The molecule has 3 heterocycles. The van der Waals surface area contributed by atoms with Gasteiger partial charge in [0.1, 0.15) is 5.82 Å². The molecule has 0 radical (unpaired) electrons. The average Bonchev–Trinajstić information content (AvgIpc) is 3.04. The third kappa shape index (κ3) is 2.31. The molecule has 2 aromatic rings. The number of aromatic nitrogens is 4. The van der Waals surface area contributed by atoms with Crippen LogP contribution in [0.3, 0.4) is 0 Å². The summed E-state index contributed by atoms with van der Waals surface area (Å²) in [5.74, 6) is 1.75. The summed E-state index contributed by atoms with van der Waals surface area (Å²) in [6.07, 6.45) is 10.8. The van der Waals surface area contributed by atoms with Crippen molar-refractivity contribution in [2.75, 3.05) is 13.1 Å². The van der Waals surface area contributed by atoms with Gasteiger partial charge in [0.25, 0.3) is 0 Å². The number of H-pyrrole nitrogens is 1. The molecule has 5 nitrogen and oxygen atoms in total. The van der Waals surface area contributed by atoms with E-state index >= 15 is 0 Å². The maximum absolute atomic E-state index is 4.30. The molecule has 1 fully saturated rings. The van der Waals surface area contributed by atoms with Crippen LogP contribution >= 0.6 is 0 Å². The zero-order chi connectivity index (χ0) is 12.4. The summed E-state index contributed by atoms with van der Waals surface area (Å²) in [4.78, 5) is 14.1. The number of hydrogen-bond acceptors (Lipinski definition) is 3. The lowest BCUT2D eigenvalue weighted by molar-refractivity contribution is 0.124. The molecule has 0 amide bonds. The summed E-state index contributed by atoms with van der Waals surface area (Å²) in [5.41, 5.74) is 0. The first-order chi connectivity index (χ1) is 8.83. The molecule has 1 aliphatic heterocycles. The molecule has 96 valence electrons. The van der Waals surface area contributed by atoms with Crippen LogP contribution in [0.25, 0.3) is 0 Å². The Bertz CT molecular complexity index is 462. The van der Waals surface area contributed by atoms with Crippen molar-refractivity contribution >= 4 is 0 Å². The monoisotopic (exact) mass is 245 g/mol. The summed E-state index contributed by atoms with van der Waals surface area (Å²) in [6.45, 7) is 5.45. The molecule has 3 rings (SSSR count). The normalized spacial score (nSPS) is 25.4. The molecule has 5 heteroatoms. The van der Waals surface area contributed by atoms with Crippen molar-refractivity contribution in [3.05, 3.63) is 36.9 Å². The Kier molecular flexibility index (Phi) is 3.15. The Morgan fingerprint density at radius 2 is 2.39 bits per heavy atom. The van der Waals surface area contributed by atoms with Crippen molar-refractivity contribution in [3.8, 4) is 0 Å². The Morgan fingerprint density at radius 1 is 1.44 bits per heavy atom. The van der Waals surface area contributed by atoms with Crippen molar-refractivity contribution in [2.24, 2.45) is 5.92 Å². The molecule has 0 spiro atoms. The molecule has 1 saturated heterocycles. The molecule has 0 aromatic carbocycles. The minimum Gasteiger partial charge on any atom is -0.348 e. The fourth-order valence-corrected chi connectivity index (χ4v) is 2.71. The van der Waals surface area contributed by atoms with E-state index in [2.05, 4.69) is 37.5 Å². The lowest BCUT2D eigenvalue weighted by atomic mass is 9.93. The van der Waals surface area contributed by atoms with Crippen LogP contribution in [0.15, 0.2) is 31.1 Å². The van der Waals surface area contributed by atoms with Crippen LogP contribution in [0.1, 0.15) is 25.2 Å². The van der Waals surface area contributed by atoms with Gasteiger partial charge < -0.3 is 9.55 Å². The smallest absolute Gasteiger partial charge is 0.120 e. The maximum atomic E-state index is 4.30. The highest BCUT2D eigenvalue weighted by molar-refractivity contribution is 4.92. The van der Waals surface area contributed by atoms with E-state index < -0.39 is 0 Å². The Labute approximate surface area is 107 Å². The van der Waals surface area contributed by atoms with Crippen molar-refractivity contribution < 1.29 is 0 Å². The lowest BCUT2D eigenvalue weighted by Gasteiger charge is -2.37. The zero-order valence-electron chi connectivity index (χ0n) is 10.7. The highest BCUT2D eigenvalue weighted by Crippen LogP contribution is 2.27. The lowest BCUT2D eigenvalue weighted by Crippen LogP contribution is -2.40. The fraction of sp³-hybridized carbons (Fsp3) is 0.538. The second kappa shape index (κ2) is 4.94. The third-order valence-corrected chi connectivity index (χ3v) is 3.84. The quantitative estimate of drug-likeness (QED) is 0.895. The van der Waals surface area contributed by atoms with Crippen LogP contribution < -0.4 is 0 Å². The van der Waals surface area contributed by atoms with Crippen LogP contribution in [0.2, 0.25) is 0 Å². The first-order valence-electron chi connectivity index (χ1n) is 6.51. The minimum absolute atomic E-state index is 0.524. The van der Waals surface area contributed by atoms with Gasteiger partial charge in [-0.3, -0.25) is 4.90 Å². The topological polar surface area (TPSA) is 49.7 Å². The van der Waals surface area contributed by atoms with Crippen LogP contribution in [-0.2, 0) is 6.54 Å². The molecule has 0 bridgehead atoms. The molecule has 0 unspecified atom stereocenters. The number of likely N-dealkylation sites (tertiary alicyclic amines) is 1. The molecular weight excluding hydrogens is 226 g/mol. The summed E-state index contributed by atoms with van der Waals surface area (Å²) in [7, 11) is 0. The predicted molar refractivity (Wildman–Crippen MR) is 68.9 cm³/mol. The van der Waals surface area contributed by atoms with E-state index in [4.69, 9.17) is 0 Å². The van der Waals surface area contributed by atoms with Gasteiger partial charge in [-0.25, -0.2) is 9.97 Å². The third-order valence-electron chi connectivity index (χ3n) is 3.84. The van der Waals surface area contributed by atoms with E-state index in [1.54, 1.807) is 0 Å². The highest BCUT2D eigenvalue weighted by atomic mass is 15.2. The van der Waals surface area contributed by atoms with Gasteiger partial charge in [-0.05, 0) is 18.9 Å². The first-order valence-corrected chi connectivity index (χ1v) is 6.51. The SMILES string of the molecule is C[C@H]1CCN(Cc2ncc[nH]2)C[C@H]1n1ccnc1. The van der Waals surface area contributed by atoms with Crippen molar-refractivity contribution in [2.45, 2.75) is 25.9 Å².